The van der Waals surface area contributed by atoms with E-state index >= 15 is 0 Å². The number of aryl methyl sites for hydroxylation is 1. The lowest BCUT2D eigenvalue weighted by Gasteiger charge is -2.07. The summed E-state index contributed by atoms with van der Waals surface area (Å²) in [6.07, 6.45) is 2.06. The maximum absolute atomic E-state index is 5.88. The zero-order valence-electron chi connectivity index (χ0n) is 10.7. The Kier molecular flexibility index (Phi) is 2.94. The molecule has 3 rings (SSSR count). The van der Waals surface area contributed by atoms with Crippen LogP contribution >= 0.6 is 11.6 Å². The average Bonchev–Trinajstić information content (AvgIpc) is 2.98. The minimum Gasteiger partial charge on any atom is -0.497 e. The van der Waals surface area contributed by atoms with E-state index in [0.29, 0.717) is 11.9 Å². The molecule has 18 heavy (non-hydrogen) atoms. The predicted octanol–water partition coefficient (Wildman–Crippen LogP) is 3.41. The maximum atomic E-state index is 5.88. The van der Waals surface area contributed by atoms with Crippen molar-refractivity contribution in [1.29, 1.82) is 0 Å². The molecule has 0 N–H and O–H groups in total. The molecule has 4 heteroatoms. The number of hydrogen-bond acceptors (Lipinski definition) is 2. The largest absolute Gasteiger partial charge is 0.497 e. The Bertz CT molecular complexity index is 578. The standard InChI is InChI=1S/C14H17ClN2O/c1-9-7-13(9)17-12-4-3-10(18-2)8-11(12)16-14(17)5-6-15/h3-4,8-9,13H,5-7H2,1-2H3. The first-order chi connectivity index (χ1) is 8.74. The van der Waals surface area contributed by atoms with Crippen molar-refractivity contribution in [3.05, 3.63) is 24.0 Å². The summed E-state index contributed by atoms with van der Waals surface area (Å²) in [6.45, 7) is 2.28. The van der Waals surface area contributed by atoms with Gasteiger partial charge in [-0.05, 0) is 24.5 Å². The summed E-state index contributed by atoms with van der Waals surface area (Å²) in [4.78, 5) is 4.71. The Balaban J connectivity index is 2.13. The average molecular weight is 265 g/mol. The molecular formula is C14H17ClN2O. The molecule has 1 fully saturated rings. The first-order valence-electron chi connectivity index (χ1n) is 6.35. The van der Waals surface area contributed by atoms with Gasteiger partial charge in [-0.2, -0.15) is 0 Å². The van der Waals surface area contributed by atoms with Crippen LogP contribution in [-0.4, -0.2) is 22.5 Å². The molecule has 2 aromatic rings. The van der Waals surface area contributed by atoms with Crippen molar-refractivity contribution in [2.24, 2.45) is 5.92 Å². The van der Waals surface area contributed by atoms with Crippen LogP contribution in [0, 0.1) is 5.92 Å². The van der Waals surface area contributed by atoms with Gasteiger partial charge in [0.25, 0.3) is 0 Å². The van der Waals surface area contributed by atoms with Crippen LogP contribution in [-0.2, 0) is 6.42 Å². The molecule has 0 spiro atoms. The van der Waals surface area contributed by atoms with Crippen LogP contribution in [0.25, 0.3) is 11.0 Å². The third-order valence-corrected chi connectivity index (χ3v) is 3.88. The Morgan fingerprint density at radius 2 is 2.28 bits per heavy atom. The molecule has 1 aromatic carbocycles. The number of benzene rings is 1. The van der Waals surface area contributed by atoms with Gasteiger partial charge in [0.2, 0.25) is 0 Å². The summed E-state index contributed by atoms with van der Waals surface area (Å²) < 4.78 is 7.62. The van der Waals surface area contributed by atoms with E-state index in [1.807, 2.05) is 12.1 Å². The first-order valence-corrected chi connectivity index (χ1v) is 6.89. The third-order valence-electron chi connectivity index (χ3n) is 3.69. The number of ether oxygens (including phenoxy) is 1. The quantitative estimate of drug-likeness (QED) is 0.792. The summed E-state index contributed by atoms with van der Waals surface area (Å²) in [5.74, 6) is 3.32. The fourth-order valence-corrected chi connectivity index (χ4v) is 2.72. The summed E-state index contributed by atoms with van der Waals surface area (Å²) >= 11 is 5.88. The summed E-state index contributed by atoms with van der Waals surface area (Å²) in [6, 6.07) is 6.69. The van der Waals surface area contributed by atoms with Gasteiger partial charge >= 0.3 is 0 Å². The number of alkyl halides is 1. The van der Waals surface area contributed by atoms with E-state index in [0.717, 1.165) is 29.4 Å². The highest BCUT2D eigenvalue weighted by Gasteiger charge is 2.36. The van der Waals surface area contributed by atoms with Gasteiger partial charge in [-0.15, -0.1) is 11.6 Å². The monoisotopic (exact) mass is 264 g/mol. The second-order valence-electron chi connectivity index (χ2n) is 4.97. The van der Waals surface area contributed by atoms with Crippen LogP contribution in [0.4, 0.5) is 0 Å². The van der Waals surface area contributed by atoms with Crippen LogP contribution in [0.1, 0.15) is 25.2 Å². The first kappa shape index (κ1) is 11.8. The van der Waals surface area contributed by atoms with Gasteiger partial charge in [0, 0.05) is 24.4 Å². The van der Waals surface area contributed by atoms with Crippen LogP contribution in [0.3, 0.4) is 0 Å². The maximum Gasteiger partial charge on any atom is 0.121 e. The van der Waals surface area contributed by atoms with Crippen molar-refractivity contribution in [2.45, 2.75) is 25.8 Å². The number of aromatic nitrogens is 2. The van der Waals surface area contributed by atoms with E-state index < -0.39 is 0 Å². The van der Waals surface area contributed by atoms with E-state index in [2.05, 4.69) is 17.6 Å². The smallest absolute Gasteiger partial charge is 0.121 e. The lowest BCUT2D eigenvalue weighted by molar-refractivity contribution is 0.415. The van der Waals surface area contributed by atoms with Gasteiger partial charge in [-0.3, -0.25) is 0 Å². The molecule has 1 saturated carbocycles. The molecule has 2 unspecified atom stereocenters. The molecule has 0 bridgehead atoms. The predicted molar refractivity (Wildman–Crippen MR) is 73.5 cm³/mol. The highest BCUT2D eigenvalue weighted by molar-refractivity contribution is 6.17. The Morgan fingerprint density at radius 1 is 1.50 bits per heavy atom. The number of imidazole rings is 1. The molecule has 96 valence electrons. The summed E-state index contributed by atoms with van der Waals surface area (Å²) in [5.41, 5.74) is 2.21. The minimum atomic E-state index is 0.599. The molecule has 0 amide bonds. The minimum absolute atomic E-state index is 0.599. The normalized spacial score (nSPS) is 22.4. The van der Waals surface area contributed by atoms with Crippen molar-refractivity contribution >= 4 is 22.6 Å². The Hall–Kier alpha value is -1.22. The second kappa shape index (κ2) is 4.47. The van der Waals surface area contributed by atoms with Gasteiger partial charge < -0.3 is 9.30 Å². The number of halogens is 1. The van der Waals surface area contributed by atoms with E-state index in [4.69, 9.17) is 21.3 Å². The Labute approximate surface area is 112 Å². The van der Waals surface area contributed by atoms with Crippen molar-refractivity contribution in [2.75, 3.05) is 13.0 Å². The SMILES string of the molecule is COc1ccc2c(c1)nc(CCCl)n2C1CC1C. The Morgan fingerprint density at radius 3 is 2.89 bits per heavy atom. The molecule has 0 saturated heterocycles. The number of rotatable bonds is 4. The molecular weight excluding hydrogens is 248 g/mol. The molecule has 1 aliphatic carbocycles. The van der Waals surface area contributed by atoms with Crippen molar-refractivity contribution in [3.8, 4) is 5.75 Å². The topological polar surface area (TPSA) is 27.1 Å². The van der Waals surface area contributed by atoms with Crippen LogP contribution in [0.2, 0.25) is 0 Å². The summed E-state index contributed by atoms with van der Waals surface area (Å²) in [7, 11) is 1.68. The van der Waals surface area contributed by atoms with Crippen LogP contribution in [0.15, 0.2) is 18.2 Å². The molecule has 0 radical (unpaired) electrons. The number of hydrogen-bond donors (Lipinski definition) is 0. The number of methoxy groups -OCH3 is 1. The fourth-order valence-electron chi connectivity index (χ4n) is 2.55. The second-order valence-corrected chi connectivity index (χ2v) is 5.35. The van der Waals surface area contributed by atoms with E-state index in [9.17, 15) is 0 Å². The zero-order valence-corrected chi connectivity index (χ0v) is 11.4. The van der Waals surface area contributed by atoms with Gasteiger partial charge in [-0.25, -0.2) is 4.98 Å². The van der Waals surface area contributed by atoms with Gasteiger partial charge in [0.1, 0.15) is 11.6 Å². The van der Waals surface area contributed by atoms with Crippen molar-refractivity contribution in [1.82, 2.24) is 9.55 Å². The lowest BCUT2D eigenvalue weighted by atomic mass is 10.3. The van der Waals surface area contributed by atoms with Crippen LogP contribution in [0.5, 0.6) is 5.75 Å². The lowest BCUT2D eigenvalue weighted by Crippen LogP contribution is -2.03. The van der Waals surface area contributed by atoms with E-state index in [-0.39, 0.29) is 0 Å². The van der Waals surface area contributed by atoms with Gasteiger partial charge in [0.15, 0.2) is 0 Å². The van der Waals surface area contributed by atoms with E-state index in [1.54, 1.807) is 7.11 Å². The summed E-state index contributed by atoms with van der Waals surface area (Å²) in [5, 5.41) is 0. The number of nitrogens with zero attached hydrogens (tertiary/aromatic N) is 2. The highest BCUT2D eigenvalue weighted by Crippen LogP contribution is 2.45. The van der Waals surface area contributed by atoms with Crippen molar-refractivity contribution < 1.29 is 4.74 Å². The zero-order chi connectivity index (χ0) is 12.7. The van der Waals surface area contributed by atoms with E-state index in [1.165, 1.54) is 11.9 Å². The molecule has 1 aromatic heterocycles. The molecule has 3 nitrogen and oxygen atoms in total. The molecule has 0 aliphatic heterocycles. The van der Waals surface area contributed by atoms with Crippen molar-refractivity contribution in [3.63, 3.8) is 0 Å². The molecule has 1 heterocycles. The van der Waals surface area contributed by atoms with Crippen LogP contribution < -0.4 is 4.74 Å². The molecule has 1 aliphatic rings. The fraction of sp³-hybridized carbons (Fsp3) is 0.500. The molecule has 2 atom stereocenters. The number of fused-ring (bicyclic) bond motifs is 1. The van der Waals surface area contributed by atoms with Gasteiger partial charge in [-0.1, -0.05) is 6.92 Å². The third kappa shape index (κ3) is 1.87. The highest BCUT2D eigenvalue weighted by atomic mass is 35.5. The van der Waals surface area contributed by atoms with Gasteiger partial charge in [0.05, 0.1) is 18.1 Å².